The number of thiazole rings is 1. The van der Waals surface area contributed by atoms with Gasteiger partial charge in [-0.05, 0) is 29.5 Å². The topological polar surface area (TPSA) is 71.1 Å². The normalized spacial score (nSPS) is 12.3. The fourth-order valence-corrected chi connectivity index (χ4v) is 3.76. The van der Waals surface area contributed by atoms with Crippen LogP contribution in [0.15, 0.2) is 41.8 Å². The molecule has 5 nitrogen and oxygen atoms in total. The van der Waals surface area contributed by atoms with Crippen LogP contribution in [0.3, 0.4) is 0 Å². The van der Waals surface area contributed by atoms with Crippen molar-refractivity contribution >= 4 is 49.8 Å². The highest BCUT2D eigenvalue weighted by molar-refractivity contribution is 7.22. The third kappa shape index (κ3) is 3.63. The molecular weight excluding hydrogens is 342 g/mol. The maximum absolute atomic E-state index is 12.6. The largest absolute Gasteiger partial charge is 0.339 e. The van der Waals surface area contributed by atoms with E-state index in [1.165, 1.54) is 22.7 Å². The highest BCUT2D eigenvalue weighted by atomic mass is 32.1. The molecule has 1 unspecified atom stereocenters. The Bertz CT molecular complexity index is 823. The van der Waals surface area contributed by atoms with Gasteiger partial charge in [-0.3, -0.25) is 9.59 Å². The van der Waals surface area contributed by atoms with Gasteiger partial charge in [-0.1, -0.05) is 43.4 Å². The van der Waals surface area contributed by atoms with E-state index in [0.29, 0.717) is 10.0 Å². The van der Waals surface area contributed by atoms with E-state index in [9.17, 15) is 9.59 Å². The Hall–Kier alpha value is -2.25. The van der Waals surface area contributed by atoms with Crippen molar-refractivity contribution in [2.75, 3.05) is 5.32 Å². The number of anilines is 1. The molecule has 2 amide bonds. The lowest BCUT2D eigenvalue weighted by atomic mass is 10.0. The first-order chi connectivity index (χ1) is 11.5. The molecule has 3 rings (SSSR count). The zero-order valence-corrected chi connectivity index (χ0v) is 14.9. The lowest BCUT2D eigenvalue weighted by Gasteiger charge is -2.20. The molecule has 2 aromatic heterocycles. The van der Waals surface area contributed by atoms with Crippen molar-refractivity contribution in [1.82, 2.24) is 10.3 Å². The average molecular weight is 359 g/mol. The first kappa shape index (κ1) is 16.6. The van der Waals surface area contributed by atoms with Crippen LogP contribution in [0.25, 0.3) is 10.2 Å². The van der Waals surface area contributed by atoms with Gasteiger partial charge in [0.05, 0.1) is 15.1 Å². The number of fused-ring (bicyclic) bond motifs is 1. The summed E-state index contributed by atoms with van der Waals surface area (Å²) in [4.78, 5) is 29.8. The Balaban J connectivity index is 1.73. The summed E-state index contributed by atoms with van der Waals surface area (Å²) in [7, 11) is 0. The number of para-hydroxylation sites is 1. The molecule has 7 heteroatoms. The number of aromatic nitrogens is 1. The van der Waals surface area contributed by atoms with E-state index in [1.807, 2.05) is 49.6 Å². The van der Waals surface area contributed by atoms with Gasteiger partial charge in [0.15, 0.2) is 5.13 Å². The van der Waals surface area contributed by atoms with E-state index >= 15 is 0 Å². The van der Waals surface area contributed by atoms with Crippen molar-refractivity contribution in [3.8, 4) is 0 Å². The molecule has 24 heavy (non-hydrogen) atoms. The van der Waals surface area contributed by atoms with Gasteiger partial charge in [0.25, 0.3) is 5.91 Å². The fraction of sp³-hybridized carbons (Fsp3) is 0.235. The number of carbonyl (C=O) groups is 2. The zero-order chi connectivity index (χ0) is 17.1. The van der Waals surface area contributed by atoms with Crippen LogP contribution in [0, 0.1) is 5.92 Å². The fourth-order valence-electron chi connectivity index (χ4n) is 2.26. The number of amides is 2. The predicted octanol–water partition coefficient (Wildman–Crippen LogP) is 3.75. The van der Waals surface area contributed by atoms with Crippen molar-refractivity contribution in [2.45, 2.75) is 19.9 Å². The summed E-state index contributed by atoms with van der Waals surface area (Å²) in [5.74, 6) is -0.527. The summed E-state index contributed by atoms with van der Waals surface area (Å²) < 4.78 is 1.01. The summed E-state index contributed by atoms with van der Waals surface area (Å²) >= 11 is 2.77. The number of nitrogens with zero attached hydrogens (tertiary/aromatic N) is 1. The third-order valence-corrected chi connectivity index (χ3v) is 5.33. The van der Waals surface area contributed by atoms with Crippen molar-refractivity contribution in [3.05, 3.63) is 46.7 Å². The molecule has 0 bridgehead atoms. The molecule has 1 atom stereocenters. The molecule has 0 aliphatic rings. The molecule has 0 spiro atoms. The van der Waals surface area contributed by atoms with Crippen LogP contribution in [0.4, 0.5) is 5.13 Å². The average Bonchev–Trinajstić information content (AvgIpc) is 3.20. The number of carbonyl (C=O) groups excluding carboxylic acids is 2. The second-order valence-electron chi connectivity index (χ2n) is 5.65. The molecule has 0 saturated heterocycles. The van der Waals surface area contributed by atoms with E-state index in [1.54, 1.807) is 6.07 Å². The first-order valence-corrected chi connectivity index (χ1v) is 9.25. The van der Waals surface area contributed by atoms with Crippen LogP contribution >= 0.6 is 22.7 Å². The second-order valence-corrected chi connectivity index (χ2v) is 7.63. The quantitative estimate of drug-likeness (QED) is 0.729. The van der Waals surface area contributed by atoms with Crippen molar-refractivity contribution in [3.63, 3.8) is 0 Å². The molecular formula is C17H17N3O2S2. The minimum atomic E-state index is -0.619. The molecule has 0 saturated carbocycles. The summed E-state index contributed by atoms with van der Waals surface area (Å²) in [5, 5.41) is 8.00. The third-order valence-electron chi connectivity index (χ3n) is 3.50. The maximum Gasteiger partial charge on any atom is 0.262 e. The van der Waals surface area contributed by atoms with Crippen LogP contribution in [0.1, 0.15) is 23.5 Å². The number of hydrogen-bond donors (Lipinski definition) is 2. The van der Waals surface area contributed by atoms with Gasteiger partial charge in [-0.15, -0.1) is 11.3 Å². The highest BCUT2D eigenvalue weighted by Crippen LogP contribution is 2.25. The number of rotatable bonds is 5. The number of nitrogens with one attached hydrogen (secondary N) is 2. The van der Waals surface area contributed by atoms with Crippen molar-refractivity contribution in [1.29, 1.82) is 0 Å². The minimum Gasteiger partial charge on any atom is -0.339 e. The molecule has 0 aliphatic heterocycles. The summed E-state index contributed by atoms with van der Waals surface area (Å²) in [6.45, 7) is 3.80. The van der Waals surface area contributed by atoms with E-state index in [4.69, 9.17) is 0 Å². The maximum atomic E-state index is 12.6. The molecule has 0 radical (unpaired) electrons. The second kappa shape index (κ2) is 7.11. The minimum absolute atomic E-state index is 0.0386. The van der Waals surface area contributed by atoms with Crippen molar-refractivity contribution < 1.29 is 9.59 Å². The Morgan fingerprint density at radius 1 is 1.12 bits per heavy atom. The zero-order valence-electron chi connectivity index (χ0n) is 13.3. The van der Waals surface area contributed by atoms with E-state index in [2.05, 4.69) is 15.6 Å². The summed E-state index contributed by atoms with van der Waals surface area (Å²) in [5.41, 5.74) is 0.849. The van der Waals surface area contributed by atoms with Gasteiger partial charge in [0.2, 0.25) is 5.91 Å². The van der Waals surface area contributed by atoms with Crippen LogP contribution in [0.2, 0.25) is 0 Å². The van der Waals surface area contributed by atoms with E-state index in [-0.39, 0.29) is 17.7 Å². The Kier molecular flexibility index (Phi) is 4.92. The Morgan fingerprint density at radius 3 is 2.58 bits per heavy atom. The Morgan fingerprint density at radius 2 is 1.92 bits per heavy atom. The van der Waals surface area contributed by atoms with E-state index in [0.717, 1.165) is 10.2 Å². The van der Waals surface area contributed by atoms with Gasteiger partial charge in [-0.25, -0.2) is 4.98 Å². The molecule has 2 N–H and O–H groups in total. The van der Waals surface area contributed by atoms with Gasteiger partial charge in [0.1, 0.15) is 6.04 Å². The molecule has 2 heterocycles. The van der Waals surface area contributed by atoms with E-state index < -0.39 is 6.04 Å². The first-order valence-electron chi connectivity index (χ1n) is 7.55. The SMILES string of the molecule is CC(C)C(NC(=O)c1cccs1)C(=O)Nc1nc2ccccc2s1. The molecule has 0 fully saturated rings. The van der Waals surface area contributed by atoms with Crippen LogP contribution < -0.4 is 10.6 Å². The lowest BCUT2D eigenvalue weighted by Crippen LogP contribution is -2.46. The van der Waals surface area contributed by atoms with Gasteiger partial charge >= 0.3 is 0 Å². The molecule has 3 aromatic rings. The molecule has 0 aliphatic carbocycles. The summed E-state index contributed by atoms with van der Waals surface area (Å²) in [6.07, 6.45) is 0. The predicted molar refractivity (Wildman–Crippen MR) is 98.7 cm³/mol. The van der Waals surface area contributed by atoms with Crippen LogP contribution in [-0.2, 0) is 4.79 Å². The molecule has 124 valence electrons. The Labute approximate surface area is 147 Å². The van der Waals surface area contributed by atoms with Gasteiger partial charge in [-0.2, -0.15) is 0 Å². The highest BCUT2D eigenvalue weighted by Gasteiger charge is 2.25. The van der Waals surface area contributed by atoms with Crippen LogP contribution in [-0.4, -0.2) is 22.8 Å². The smallest absolute Gasteiger partial charge is 0.262 e. The lowest BCUT2D eigenvalue weighted by molar-refractivity contribution is -0.118. The number of benzene rings is 1. The molecule has 1 aromatic carbocycles. The summed E-state index contributed by atoms with van der Waals surface area (Å²) in [6, 6.07) is 10.6. The standard InChI is InChI=1S/C17H17N3O2S2/c1-10(2)14(19-15(21)13-8-5-9-23-13)16(22)20-17-18-11-6-3-4-7-12(11)24-17/h3-10,14H,1-2H3,(H,19,21)(H,18,20,22). The number of thiophene rings is 1. The van der Waals surface area contributed by atoms with Gasteiger partial charge in [0, 0.05) is 0 Å². The van der Waals surface area contributed by atoms with Gasteiger partial charge < -0.3 is 10.6 Å². The monoisotopic (exact) mass is 359 g/mol. The van der Waals surface area contributed by atoms with Crippen LogP contribution in [0.5, 0.6) is 0 Å². The number of hydrogen-bond acceptors (Lipinski definition) is 5. The van der Waals surface area contributed by atoms with Crippen molar-refractivity contribution in [2.24, 2.45) is 5.92 Å².